The lowest BCUT2D eigenvalue weighted by Gasteiger charge is -2.02. The number of nitrogens with two attached hydrogens (primary N) is 2. The van der Waals surface area contributed by atoms with Gasteiger partial charge in [-0.3, -0.25) is 0 Å². The van der Waals surface area contributed by atoms with Crippen molar-refractivity contribution in [1.29, 1.82) is 0 Å². The molecule has 12 heavy (non-hydrogen) atoms. The molecule has 0 atom stereocenters. The van der Waals surface area contributed by atoms with E-state index in [4.69, 9.17) is 11.5 Å². The highest BCUT2D eigenvalue weighted by Crippen LogP contribution is 2.02. The van der Waals surface area contributed by atoms with Gasteiger partial charge in [0.1, 0.15) is 0 Å². The lowest BCUT2D eigenvalue weighted by Crippen LogP contribution is -2.35. The summed E-state index contributed by atoms with van der Waals surface area (Å²) in [5.74, 6) is 0.605. The van der Waals surface area contributed by atoms with E-state index in [1.54, 1.807) is 0 Å². The van der Waals surface area contributed by atoms with Crippen molar-refractivity contribution in [1.82, 2.24) is 0 Å². The maximum Gasteiger partial charge on any atom is 0.188 e. The fourth-order valence-corrected chi connectivity index (χ4v) is 0.695. The fourth-order valence-electron chi connectivity index (χ4n) is 0.695. The van der Waals surface area contributed by atoms with Gasteiger partial charge in [-0.2, -0.15) is 10.2 Å². The zero-order chi connectivity index (χ0) is 9.14. The van der Waals surface area contributed by atoms with E-state index in [2.05, 4.69) is 20.4 Å². The summed E-state index contributed by atoms with van der Waals surface area (Å²) in [6.45, 7) is 3.83. The second-order valence-electron chi connectivity index (χ2n) is 2.78. The van der Waals surface area contributed by atoms with Gasteiger partial charge in [0, 0.05) is 0 Å². The van der Waals surface area contributed by atoms with Gasteiger partial charge in [-0.05, 0) is 13.8 Å². The first-order valence-electron chi connectivity index (χ1n) is 3.67. The third-order valence-corrected chi connectivity index (χ3v) is 1.25. The van der Waals surface area contributed by atoms with Crippen molar-refractivity contribution in [2.75, 3.05) is 0 Å². The summed E-state index contributed by atoms with van der Waals surface area (Å²) in [6.07, 6.45) is 0. The average molecular weight is 168 g/mol. The summed E-state index contributed by atoms with van der Waals surface area (Å²) >= 11 is 0. The first-order valence-corrected chi connectivity index (χ1v) is 3.67. The van der Waals surface area contributed by atoms with Crippen LogP contribution in [0.15, 0.2) is 20.4 Å². The van der Waals surface area contributed by atoms with E-state index in [0.29, 0.717) is 11.7 Å². The van der Waals surface area contributed by atoms with Gasteiger partial charge in [0.2, 0.25) is 0 Å². The molecule has 0 bridgehead atoms. The minimum Gasteiger partial charge on any atom is -0.383 e. The van der Waals surface area contributed by atoms with Crippen LogP contribution in [0.1, 0.15) is 13.8 Å². The number of nitrogens with zero attached hydrogens (tertiary/aromatic N) is 4. The van der Waals surface area contributed by atoms with Crippen molar-refractivity contribution in [3.05, 3.63) is 0 Å². The minimum absolute atomic E-state index is 0.131. The molecule has 0 saturated heterocycles. The Morgan fingerprint density at radius 3 is 2.17 bits per heavy atom. The molecule has 6 nitrogen and oxygen atoms in total. The predicted octanol–water partition coefficient (Wildman–Crippen LogP) is -0.141. The van der Waals surface area contributed by atoms with Crippen LogP contribution in [0, 0.1) is 0 Å². The summed E-state index contributed by atoms with van der Waals surface area (Å²) in [6, 6.07) is -0.321. The van der Waals surface area contributed by atoms with E-state index in [-0.39, 0.29) is 6.04 Å². The van der Waals surface area contributed by atoms with E-state index < -0.39 is 6.04 Å². The highest BCUT2D eigenvalue weighted by atomic mass is 15.3. The van der Waals surface area contributed by atoms with Crippen LogP contribution >= 0.6 is 0 Å². The van der Waals surface area contributed by atoms with Crippen LogP contribution in [0.25, 0.3) is 0 Å². The number of rotatable bonds is 2. The topological polar surface area (TPSA) is 101 Å². The Kier molecular flexibility index (Phi) is 2.37. The van der Waals surface area contributed by atoms with Crippen molar-refractivity contribution in [2.24, 2.45) is 31.9 Å². The molecule has 0 aromatic carbocycles. The smallest absolute Gasteiger partial charge is 0.188 e. The molecule has 0 fully saturated rings. The van der Waals surface area contributed by atoms with Crippen LogP contribution in [-0.4, -0.2) is 23.8 Å². The highest BCUT2D eigenvalue weighted by Gasteiger charge is 2.22. The van der Waals surface area contributed by atoms with Crippen LogP contribution in [0.5, 0.6) is 0 Å². The van der Waals surface area contributed by atoms with E-state index in [1.807, 2.05) is 13.8 Å². The van der Waals surface area contributed by atoms with E-state index in [0.717, 1.165) is 0 Å². The number of amidine groups is 2. The second kappa shape index (κ2) is 3.29. The minimum atomic E-state index is -0.451. The molecule has 4 N–H and O–H groups in total. The Balaban J connectivity index is 2.64. The van der Waals surface area contributed by atoms with Gasteiger partial charge in [0.25, 0.3) is 0 Å². The van der Waals surface area contributed by atoms with Crippen molar-refractivity contribution in [2.45, 2.75) is 25.9 Å². The summed E-state index contributed by atoms with van der Waals surface area (Å²) in [5, 5.41) is 15.0. The monoisotopic (exact) mass is 168 g/mol. The standard InChI is InChI=1S/C6H12N6/c1-3(2)9-10-4-5(7)11-12-6(4)8/h3-4H,1-2H3,(H2,7,11)(H2,8,12). The Labute approximate surface area is 70.4 Å². The zero-order valence-electron chi connectivity index (χ0n) is 7.10. The third-order valence-electron chi connectivity index (χ3n) is 1.25. The molecule has 0 amide bonds. The molecular weight excluding hydrogens is 156 g/mol. The molecule has 0 radical (unpaired) electrons. The normalized spacial score (nSPS) is 18.9. The fraction of sp³-hybridized carbons (Fsp3) is 0.667. The van der Waals surface area contributed by atoms with Gasteiger partial charge < -0.3 is 11.5 Å². The maximum absolute atomic E-state index is 5.46. The van der Waals surface area contributed by atoms with Crippen LogP contribution in [0.2, 0.25) is 0 Å². The number of hydrogen-bond acceptors (Lipinski definition) is 6. The predicted molar refractivity (Wildman–Crippen MR) is 47.0 cm³/mol. The molecule has 0 spiro atoms. The first kappa shape index (κ1) is 8.63. The van der Waals surface area contributed by atoms with Crippen LogP contribution in [0.3, 0.4) is 0 Å². The zero-order valence-corrected chi connectivity index (χ0v) is 7.10. The van der Waals surface area contributed by atoms with Gasteiger partial charge in [-0.1, -0.05) is 0 Å². The average Bonchev–Trinajstić information content (AvgIpc) is 2.28. The lowest BCUT2D eigenvalue weighted by atomic mass is 10.3. The van der Waals surface area contributed by atoms with Gasteiger partial charge >= 0.3 is 0 Å². The van der Waals surface area contributed by atoms with Gasteiger partial charge in [-0.15, -0.1) is 10.2 Å². The summed E-state index contributed by atoms with van der Waals surface area (Å²) in [7, 11) is 0. The highest BCUT2D eigenvalue weighted by molar-refractivity contribution is 6.11. The third kappa shape index (κ3) is 1.77. The Morgan fingerprint density at radius 2 is 1.75 bits per heavy atom. The molecule has 0 aromatic heterocycles. The Morgan fingerprint density at radius 1 is 1.25 bits per heavy atom. The van der Waals surface area contributed by atoms with E-state index >= 15 is 0 Å². The second-order valence-corrected chi connectivity index (χ2v) is 2.78. The van der Waals surface area contributed by atoms with E-state index in [1.165, 1.54) is 0 Å². The van der Waals surface area contributed by atoms with Crippen LogP contribution in [0.4, 0.5) is 0 Å². The molecule has 0 unspecified atom stereocenters. The van der Waals surface area contributed by atoms with Crippen molar-refractivity contribution < 1.29 is 0 Å². The molecular formula is C6H12N6. The molecule has 66 valence electrons. The SMILES string of the molecule is CC(C)N=NC1C(N)=NN=C1N. The van der Waals surface area contributed by atoms with Crippen molar-refractivity contribution in [3.63, 3.8) is 0 Å². The van der Waals surface area contributed by atoms with Crippen molar-refractivity contribution in [3.8, 4) is 0 Å². The van der Waals surface area contributed by atoms with Crippen molar-refractivity contribution >= 4 is 11.7 Å². The largest absolute Gasteiger partial charge is 0.383 e. The summed E-state index contributed by atoms with van der Waals surface area (Å²) in [5.41, 5.74) is 10.9. The quantitative estimate of drug-likeness (QED) is 0.560. The van der Waals surface area contributed by atoms with Gasteiger partial charge in [-0.25, -0.2) is 0 Å². The Bertz CT molecular complexity index is 233. The van der Waals surface area contributed by atoms with Gasteiger partial charge in [0.05, 0.1) is 6.04 Å². The lowest BCUT2D eigenvalue weighted by molar-refractivity contribution is 0.743. The molecule has 1 aliphatic heterocycles. The molecule has 0 aliphatic carbocycles. The number of azo groups is 1. The van der Waals surface area contributed by atoms with Gasteiger partial charge in [0.15, 0.2) is 17.7 Å². The molecule has 1 heterocycles. The number of hydrogen-bond donors (Lipinski definition) is 2. The van der Waals surface area contributed by atoms with Crippen LogP contribution < -0.4 is 11.5 Å². The molecule has 1 aliphatic rings. The molecule has 0 aromatic rings. The summed E-state index contributed by atoms with van der Waals surface area (Å²) < 4.78 is 0. The molecule has 0 saturated carbocycles. The molecule has 1 rings (SSSR count). The molecule has 6 heteroatoms. The first-order chi connectivity index (χ1) is 5.61. The Hall–Kier alpha value is -1.46. The van der Waals surface area contributed by atoms with E-state index in [9.17, 15) is 0 Å². The maximum atomic E-state index is 5.46. The van der Waals surface area contributed by atoms with Crippen LogP contribution in [-0.2, 0) is 0 Å². The summed E-state index contributed by atoms with van der Waals surface area (Å²) in [4.78, 5) is 0.